The molecule has 0 fully saturated rings. The smallest absolute Gasteiger partial charge is 0.252 e. The summed E-state index contributed by atoms with van der Waals surface area (Å²) >= 11 is 3.33. The van der Waals surface area contributed by atoms with Gasteiger partial charge >= 0.3 is 0 Å². The normalized spacial score (nSPS) is 11.8. The fourth-order valence-electron chi connectivity index (χ4n) is 1.90. The summed E-state index contributed by atoms with van der Waals surface area (Å²) in [6.45, 7) is 0.132. The molecule has 2 rings (SSSR count). The van der Waals surface area contributed by atoms with Crippen molar-refractivity contribution in [2.75, 3.05) is 13.7 Å². The fourth-order valence-corrected chi connectivity index (χ4v) is 2.36. The number of ether oxygens (including phenoxy) is 1. The Kier molecular flexibility index (Phi) is 5.36. The first-order chi connectivity index (χ1) is 10.1. The molecule has 5 heteroatoms. The van der Waals surface area contributed by atoms with E-state index in [1.165, 1.54) is 0 Å². The molecular weight excluding hydrogens is 334 g/mol. The highest BCUT2D eigenvalue weighted by molar-refractivity contribution is 9.10. The molecule has 0 spiro atoms. The van der Waals surface area contributed by atoms with Crippen molar-refractivity contribution in [2.24, 2.45) is 0 Å². The number of amides is 1. The summed E-state index contributed by atoms with van der Waals surface area (Å²) in [5.41, 5.74) is 1.23. The molecule has 1 atom stereocenters. The number of aliphatic hydroxyl groups excluding tert-OH is 1. The minimum Gasteiger partial charge on any atom is -0.497 e. The summed E-state index contributed by atoms with van der Waals surface area (Å²) in [7, 11) is 1.57. The van der Waals surface area contributed by atoms with Crippen molar-refractivity contribution in [3.63, 3.8) is 0 Å². The third-order valence-corrected chi connectivity index (χ3v) is 3.74. The van der Waals surface area contributed by atoms with Crippen LogP contribution in [0, 0.1) is 0 Å². The molecule has 1 amide bonds. The van der Waals surface area contributed by atoms with Gasteiger partial charge in [-0.15, -0.1) is 0 Å². The van der Waals surface area contributed by atoms with Crippen LogP contribution in [0.5, 0.6) is 5.75 Å². The Hall–Kier alpha value is -1.85. The van der Waals surface area contributed by atoms with E-state index >= 15 is 0 Å². The lowest BCUT2D eigenvalue weighted by molar-refractivity contribution is 0.0915. The number of carbonyl (C=O) groups is 1. The van der Waals surface area contributed by atoms with E-state index < -0.39 is 6.10 Å². The van der Waals surface area contributed by atoms with Crippen LogP contribution in [-0.2, 0) is 0 Å². The number of methoxy groups -OCH3 is 1. The monoisotopic (exact) mass is 349 g/mol. The van der Waals surface area contributed by atoms with Gasteiger partial charge in [0.05, 0.1) is 18.8 Å². The molecule has 0 aliphatic rings. The number of hydrogen-bond donors (Lipinski definition) is 2. The molecule has 1 unspecified atom stereocenters. The van der Waals surface area contributed by atoms with Crippen LogP contribution in [-0.4, -0.2) is 24.7 Å². The van der Waals surface area contributed by atoms with Crippen molar-refractivity contribution in [1.29, 1.82) is 0 Å². The van der Waals surface area contributed by atoms with Crippen LogP contribution in [0.3, 0.4) is 0 Å². The van der Waals surface area contributed by atoms with Crippen molar-refractivity contribution in [3.05, 3.63) is 64.1 Å². The molecule has 2 aromatic carbocycles. The summed E-state index contributed by atoms with van der Waals surface area (Å²) in [5.74, 6) is 0.438. The third kappa shape index (κ3) is 4.06. The first-order valence-electron chi connectivity index (χ1n) is 6.46. The van der Waals surface area contributed by atoms with Crippen LogP contribution >= 0.6 is 15.9 Å². The minimum absolute atomic E-state index is 0.132. The number of aliphatic hydroxyl groups is 1. The topological polar surface area (TPSA) is 58.6 Å². The Morgan fingerprint density at radius 2 is 2.05 bits per heavy atom. The van der Waals surface area contributed by atoms with Crippen LogP contribution in [0.15, 0.2) is 53.0 Å². The van der Waals surface area contributed by atoms with Crippen LogP contribution < -0.4 is 10.1 Å². The number of carbonyl (C=O) groups excluding carboxylic acids is 1. The second-order valence-corrected chi connectivity index (χ2v) is 5.34. The highest BCUT2D eigenvalue weighted by atomic mass is 79.9. The molecule has 2 aromatic rings. The van der Waals surface area contributed by atoms with Gasteiger partial charge in [-0.1, -0.05) is 24.3 Å². The summed E-state index contributed by atoms with van der Waals surface area (Å²) in [6.07, 6.45) is -0.786. The fraction of sp³-hybridized carbons (Fsp3) is 0.188. The van der Waals surface area contributed by atoms with E-state index in [1.807, 2.05) is 6.07 Å². The lowest BCUT2D eigenvalue weighted by atomic mass is 10.1. The maximum absolute atomic E-state index is 12.0. The molecule has 110 valence electrons. The van der Waals surface area contributed by atoms with Gasteiger partial charge in [0.15, 0.2) is 0 Å². The van der Waals surface area contributed by atoms with E-state index in [9.17, 15) is 9.90 Å². The van der Waals surface area contributed by atoms with E-state index in [1.54, 1.807) is 49.6 Å². The van der Waals surface area contributed by atoms with E-state index in [0.717, 1.165) is 4.47 Å². The second-order valence-electron chi connectivity index (χ2n) is 4.48. The summed E-state index contributed by atoms with van der Waals surface area (Å²) < 4.78 is 5.83. The van der Waals surface area contributed by atoms with Crippen LogP contribution in [0.4, 0.5) is 0 Å². The number of hydrogen-bond acceptors (Lipinski definition) is 3. The Morgan fingerprint density at radius 1 is 1.29 bits per heavy atom. The highest BCUT2D eigenvalue weighted by Gasteiger charge is 2.13. The molecular formula is C16H16BrNO3. The Labute approximate surface area is 131 Å². The molecule has 0 bridgehead atoms. The summed E-state index contributed by atoms with van der Waals surface area (Å²) in [4.78, 5) is 12.0. The maximum Gasteiger partial charge on any atom is 0.252 e. The number of benzene rings is 2. The number of halogens is 1. The molecule has 0 aromatic heterocycles. The van der Waals surface area contributed by atoms with Gasteiger partial charge in [0, 0.05) is 11.0 Å². The summed E-state index contributed by atoms with van der Waals surface area (Å²) in [5, 5.41) is 12.8. The van der Waals surface area contributed by atoms with Gasteiger partial charge in [0.2, 0.25) is 0 Å². The molecule has 0 aliphatic carbocycles. The predicted octanol–water partition coefficient (Wildman–Crippen LogP) is 2.92. The average Bonchev–Trinajstić information content (AvgIpc) is 2.52. The zero-order valence-corrected chi connectivity index (χ0v) is 13.1. The summed E-state index contributed by atoms with van der Waals surface area (Å²) in [6, 6.07) is 14.3. The van der Waals surface area contributed by atoms with Crippen molar-refractivity contribution in [2.45, 2.75) is 6.10 Å². The maximum atomic E-state index is 12.0. The number of nitrogens with one attached hydrogen (secondary N) is 1. The van der Waals surface area contributed by atoms with E-state index in [0.29, 0.717) is 16.9 Å². The van der Waals surface area contributed by atoms with Gasteiger partial charge in [-0.2, -0.15) is 0 Å². The van der Waals surface area contributed by atoms with Crippen LogP contribution in [0.2, 0.25) is 0 Å². The van der Waals surface area contributed by atoms with E-state index in [2.05, 4.69) is 21.2 Å². The van der Waals surface area contributed by atoms with Crippen molar-refractivity contribution in [1.82, 2.24) is 5.32 Å². The van der Waals surface area contributed by atoms with Gasteiger partial charge < -0.3 is 15.2 Å². The van der Waals surface area contributed by atoms with Gasteiger partial charge in [-0.05, 0) is 45.8 Å². The van der Waals surface area contributed by atoms with Crippen molar-refractivity contribution < 1.29 is 14.6 Å². The Bertz CT molecular complexity index is 630. The first kappa shape index (κ1) is 15.5. The zero-order chi connectivity index (χ0) is 15.2. The molecule has 0 saturated heterocycles. The molecule has 0 aliphatic heterocycles. The van der Waals surface area contributed by atoms with Crippen LogP contribution in [0.1, 0.15) is 22.0 Å². The van der Waals surface area contributed by atoms with Gasteiger partial charge in [0.1, 0.15) is 5.75 Å². The zero-order valence-electron chi connectivity index (χ0n) is 11.5. The quantitative estimate of drug-likeness (QED) is 0.872. The average molecular weight is 350 g/mol. The highest BCUT2D eigenvalue weighted by Crippen LogP contribution is 2.19. The van der Waals surface area contributed by atoms with Crippen molar-refractivity contribution in [3.8, 4) is 5.75 Å². The molecule has 0 heterocycles. The molecule has 0 radical (unpaired) electrons. The Balaban J connectivity index is 1.99. The van der Waals surface area contributed by atoms with E-state index in [-0.39, 0.29) is 12.5 Å². The molecule has 2 N–H and O–H groups in total. The van der Waals surface area contributed by atoms with Gasteiger partial charge in [-0.3, -0.25) is 4.79 Å². The largest absolute Gasteiger partial charge is 0.497 e. The third-order valence-electron chi connectivity index (χ3n) is 3.05. The van der Waals surface area contributed by atoms with Gasteiger partial charge in [-0.25, -0.2) is 0 Å². The molecule has 0 saturated carbocycles. The second kappa shape index (κ2) is 7.24. The standard InChI is InChI=1S/C16H16BrNO3/c1-21-12-6-4-5-11(9-12)15(19)10-18-16(20)13-7-2-3-8-14(13)17/h2-9,15,19H,10H2,1H3,(H,18,20). The lowest BCUT2D eigenvalue weighted by Crippen LogP contribution is -2.28. The first-order valence-corrected chi connectivity index (χ1v) is 7.26. The number of rotatable bonds is 5. The molecule has 21 heavy (non-hydrogen) atoms. The SMILES string of the molecule is COc1cccc(C(O)CNC(=O)c2ccccc2Br)c1. The van der Waals surface area contributed by atoms with Crippen LogP contribution in [0.25, 0.3) is 0 Å². The van der Waals surface area contributed by atoms with Gasteiger partial charge in [0.25, 0.3) is 5.91 Å². The van der Waals surface area contributed by atoms with Crippen molar-refractivity contribution >= 4 is 21.8 Å². The Morgan fingerprint density at radius 3 is 2.76 bits per heavy atom. The molecule has 4 nitrogen and oxygen atoms in total. The lowest BCUT2D eigenvalue weighted by Gasteiger charge is -2.13. The van der Waals surface area contributed by atoms with E-state index in [4.69, 9.17) is 4.74 Å². The predicted molar refractivity (Wildman–Crippen MR) is 84.4 cm³/mol. The minimum atomic E-state index is -0.786.